The highest BCUT2D eigenvalue weighted by Crippen LogP contribution is 2.43. The molecule has 5 N–H and O–H groups in total. The number of rotatable bonds is 26. The average molecular weight is 547 g/mol. The molecule has 1 amide bonds. The fourth-order valence-corrected chi connectivity index (χ4v) is 4.55. The Morgan fingerprint density at radius 2 is 1.43 bits per heavy atom. The summed E-state index contributed by atoms with van der Waals surface area (Å²) < 4.78 is 21.8. The molecule has 0 rings (SSSR count). The number of amides is 1. The molecule has 0 aliphatic heterocycles. The number of nitrogens with one attached hydrogen (secondary N) is 1. The molecule has 9 heteroatoms. The number of hydrogen-bond acceptors (Lipinski definition) is 6. The number of phosphoric acid groups is 1. The number of carbonyl (C=O) groups is 1. The minimum atomic E-state index is -4.32. The molecule has 0 saturated carbocycles. The Morgan fingerprint density at radius 3 is 2.08 bits per heavy atom. The molecule has 0 aromatic rings. The minimum Gasteiger partial charge on any atom is -0.387 e. The summed E-state index contributed by atoms with van der Waals surface area (Å²) in [5, 5.41) is 13.4. The molecular formula is C28H55N2O6P. The molecule has 218 valence electrons. The number of aliphatic hydroxyl groups is 1. The lowest BCUT2D eigenvalue weighted by atomic mass is 10.1. The van der Waals surface area contributed by atoms with E-state index in [-0.39, 0.29) is 25.7 Å². The standard InChI is InChI=1S/C28H55N2O6P/c1-3-5-7-9-11-13-15-17-19-21-27(31)26(25-36-37(33,34)35-24-23-29)30-28(32)22-20-18-16-14-12-10-8-6-4-2/h11,13,19,21,26-27,31H,3-10,12,14-18,20,22-25,29H2,1-2H3,(H,30,32)(H,33,34)/b13-11+,21-19+. The van der Waals surface area contributed by atoms with Crippen LogP contribution >= 0.6 is 7.82 Å². The summed E-state index contributed by atoms with van der Waals surface area (Å²) in [6.45, 7) is 3.99. The monoisotopic (exact) mass is 546 g/mol. The molecule has 0 aromatic heterocycles. The summed E-state index contributed by atoms with van der Waals surface area (Å²) in [5.41, 5.74) is 5.31. The maximum atomic E-state index is 12.5. The van der Waals surface area contributed by atoms with Crippen molar-refractivity contribution in [2.45, 2.75) is 129 Å². The Morgan fingerprint density at radius 1 is 0.865 bits per heavy atom. The van der Waals surface area contributed by atoms with Crippen molar-refractivity contribution < 1.29 is 28.4 Å². The molecule has 3 atom stereocenters. The molecule has 0 aliphatic rings. The Bertz CT molecular complexity index is 644. The minimum absolute atomic E-state index is 0.0746. The summed E-state index contributed by atoms with van der Waals surface area (Å²) in [7, 11) is -4.32. The third-order valence-corrected chi connectivity index (χ3v) is 7.01. The highest BCUT2D eigenvalue weighted by Gasteiger charge is 2.26. The first-order valence-electron chi connectivity index (χ1n) is 14.5. The van der Waals surface area contributed by atoms with Crippen molar-refractivity contribution in [3.8, 4) is 0 Å². The van der Waals surface area contributed by atoms with Crippen molar-refractivity contribution in [2.75, 3.05) is 19.8 Å². The quantitative estimate of drug-likeness (QED) is 0.0567. The highest BCUT2D eigenvalue weighted by atomic mass is 31.2. The molecule has 0 spiro atoms. The predicted octanol–water partition coefficient (Wildman–Crippen LogP) is 6.32. The Labute approximate surface area is 226 Å². The van der Waals surface area contributed by atoms with Gasteiger partial charge in [0.25, 0.3) is 0 Å². The fraction of sp³-hybridized carbons (Fsp3) is 0.821. The number of phosphoric ester groups is 1. The summed E-state index contributed by atoms with van der Waals surface area (Å²) in [6, 6.07) is -0.867. The normalized spacial score (nSPS) is 15.3. The number of aliphatic hydroxyl groups excluding tert-OH is 1. The third kappa shape index (κ3) is 23.8. The third-order valence-electron chi connectivity index (χ3n) is 6.03. The van der Waals surface area contributed by atoms with Gasteiger partial charge in [0.1, 0.15) is 0 Å². The van der Waals surface area contributed by atoms with E-state index in [0.29, 0.717) is 6.42 Å². The highest BCUT2D eigenvalue weighted by molar-refractivity contribution is 7.47. The molecule has 3 unspecified atom stereocenters. The zero-order chi connectivity index (χ0) is 27.6. The lowest BCUT2D eigenvalue weighted by Gasteiger charge is -2.23. The van der Waals surface area contributed by atoms with Gasteiger partial charge < -0.3 is 21.1 Å². The van der Waals surface area contributed by atoms with Gasteiger partial charge in [0, 0.05) is 13.0 Å². The molecule has 0 aliphatic carbocycles. The van der Waals surface area contributed by atoms with Gasteiger partial charge in [0.05, 0.1) is 25.4 Å². The van der Waals surface area contributed by atoms with Crippen LogP contribution in [-0.4, -0.2) is 47.8 Å². The zero-order valence-electron chi connectivity index (χ0n) is 23.5. The van der Waals surface area contributed by atoms with Crippen LogP contribution in [-0.2, 0) is 18.4 Å². The van der Waals surface area contributed by atoms with Gasteiger partial charge in [-0.3, -0.25) is 13.8 Å². The maximum Gasteiger partial charge on any atom is 0.472 e. The van der Waals surface area contributed by atoms with E-state index in [2.05, 4.69) is 31.3 Å². The lowest BCUT2D eigenvalue weighted by Crippen LogP contribution is -2.45. The summed E-state index contributed by atoms with van der Waals surface area (Å²) in [4.78, 5) is 22.3. The second-order valence-electron chi connectivity index (χ2n) is 9.60. The molecule has 0 bridgehead atoms. The van der Waals surface area contributed by atoms with Crippen molar-refractivity contribution in [3.63, 3.8) is 0 Å². The molecular weight excluding hydrogens is 491 g/mol. The van der Waals surface area contributed by atoms with Crippen molar-refractivity contribution in [1.29, 1.82) is 0 Å². The average Bonchev–Trinajstić information content (AvgIpc) is 2.87. The van der Waals surface area contributed by atoms with Gasteiger partial charge >= 0.3 is 7.82 Å². The second kappa shape index (κ2) is 25.3. The number of unbranched alkanes of at least 4 members (excludes halogenated alkanes) is 12. The SMILES string of the molecule is CCCCC/C=C/CC/C=C/C(O)C(COP(=O)(O)OCCN)NC(=O)CCCCCCCCCCC. The van der Waals surface area contributed by atoms with Gasteiger partial charge in [0.2, 0.25) is 5.91 Å². The van der Waals surface area contributed by atoms with Crippen molar-refractivity contribution in [3.05, 3.63) is 24.3 Å². The Hall–Kier alpha value is -1.02. The summed E-state index contributed by atoms with van der Waals surface area (Å²) in [5.74, 6) is -0.213. The number of carbonyl (C=O) groups excluding carboxylic acids is 1. The van der Waals surface area contributed by atoms with Crippen LogP contribution in [0.5, 0.6) is 0 Å². The molecule has 0 saturated heterocycles. The predicted molar refractivity (Wildman–Crippen MR) is 152 cm³/mol. The largest absolute Gasteiger partial charge is 0.472 e. The van der Waals surface area contributed by atoms with Crippen LogP contribution in [0, 0.1) is 0 Å². The molecule has 0 heterocycles. The van der Waals surface area contributed by atoms with E-state index in [4.69, 9.17) is 14.8 Å². The fourth-order valence-electron chi connectivity index (χ4n) is 3.79. The first-order valence-corrected chi connectivity index (χ1v) is 16.0. The van der Waals surface area contributed by atoms with Crippen molar-refractivity contribution in [1.82, 2.24) is 5.32 Å². The van der Waals surface area contributed by atoms with Crippen LogP contribution < -0.4 is 11.1 Å². The van der Waals surface area contributed by atoms with E-state index in [0.717, 1.165) is 38.5 Å². The van der Waals surface area contributed by atoms with Crippen LogP contribution in [0.3, 0.4) is 0 Å². The Kier molecular flexibility index (Phi) is 24.6. The van der Waals surface area contributed by atoms with E-state index in [1.54, 1.807) is 6.08 Å². The summed E-state index contributed by atoms with van der Waals surface area (Å²) in [6.07, 6.45) is 23.8. The summed E-state index contributed by atoms with van der Waals surface area (Å²) >= 11 is 0. The number of hydrogen-bond donors (Lipinski definition) is 4. The van der Waals surface area contributed by atoms with E-state index in [1.165, 1.54) is 57.8 Å². The molecule has 37 heavy (non-hydrogen) atoms. The van der Waals surface area contributed by atoms with E-state index in [9.17, 15) is 19.4 Å². The number of nitrogens with two attached hydrogens (primary N) is 1. The van der Waals surface area contributed by atoms with Gasteiger partial charge in [-0.15, -0.1) is 0 Å². The second-order valence-corrected chi connectivity index (χ2v) is 11.1. The van der Waals surface area contributed by atoms with Crippen molar-refractivity contribution >= 4 is 13.7 Å². The van der Waals surface area contributed by atoms with Gasteiger partial charge in [0.15, 0.2) is 0 Å². The van der Waals surface area contributed by atoms with Crippen LogP contribution in [0.1, 0.15) is 117 Å². The topological polar surface area (TPSA) is 131 Å². The van der Waals surface area contributed by atoms with E-state index < -0.39 is 20.0 Å². The van der Waals surface area contributed by atoms with Gasteiger partial charge in [-0.1, -0.05) is 102 Å². The van der Waals surface area contributed by atoms with E-state index in [1.807, 2.05) is 6.08 Å². The van der Waals surface area contributed by atoms with Crippen LogP contribution in [0.4, 0.5) is 0 Å². The van der Waals surface area contributed by atoms with Crippen LogP contribution in [0.25, 0.3) is 0 Å². The van der Waals surface area contributed by atoms with Gasteiger partial charge in [-0.2, -0.15) is 0 Å². The first kappa shape index (κ1) is 36.0. The first-order chi connectivity index (χ1) is 17.9. The smallest absolute Gasteiger partial charge is 0.387 e. The Balaban J connectivity index is 4.57. The molecule has 0 radical (unpaired) electrons. The van der Waals surface area contributed by atoms with Crippen molar-refractivity contribution in [2.24, 2.45) is 5.73 Å². The number of allylic oxidation sites excluding steroid dienone is 3. The lowest BCUT2D eigenvalue weighted by molar-refractivity contribution is -0.123. The van der Waals surface area contributed by atoms with Gasteiger partial charge in [-0.25, -0.2) is 4.57 Å². The van der Waals surface area contributed by atoms with Crippen LogP contribution in [0.15, 0.2) is 24.3 Å². The maximum absolute atomic E-state index is 12.5. The molecule has 8 nitrogen and oxygen atoms in total. The molecule has 0 fully saturated rings. The van der Waals surface area contributed by atoms with Crippen LogP contribution in [0.2, 0.25) is 0 Å². The van der Waals surface area contributed by atoms with Gasteiger partial charge in [-0.05, 0) is 32.1 Å². The zero-order valence-corrected chi connectivity index (χ0v) is 24.3. The van der Waals surface area contributed by atoms with E-state index >= 15 is 0 Å². The molecule has 0 aromatic carbocycles.